The van der Waals surface area contributed by atoms with Crippen molar-refractivity contribution in [2.45, 2.75) is 12.7 Å². The second-order valence-electron chi connectivity index (χ2n) is 6.87. The fraction of sp³-hybridized carbons (Fsp3) is 0.130. The van der Waals surface area contributed by atoms with Crippen LogP contribution in [0.15, 0.2) is 72.8 Å². The van der Waals surface area contributed by atoms with Crippen LogP contribution in [0.4, 0.5) is 13.2 Å². The largest absolute Gasteiger partial charge is 0.457 e. The Morgan fingerprint density at radius 3 is 1.77 bits per heavy atom. The molecule has 0 heterocycles. The topological polar surface area (TPSA) is 72.6 Å². The van der Waals surface area contributed by atoms with Gasteiger partial charge in [-0.15, -0.1) is 0 Å². The van der Waals surface area contributed by atoms with Crippen LogP contribution in [0.25, 0.3) is 0 Å². The lowest BCUT2D eigenvalue weighted by Gasteiger charge is -2.18. The highest BCUT2D eigenvalue weighted by Crippen LogP contribution is 2.29. The number of halogens is 3. The van der Waals surface area contributed by atoms with E-state index in [1.807, 2.05) is 0 Å². The molecule has 31 heavy (non-hydrogen) atoms. The highest BCUT2D eigenvalue weighted by atomic mass is 19.4. The van der Waals surface area contributed by atoms with E-state index >= 15 is 0 Å². The minimum absolute atomic E-state index is 0.168. The van der Waals surface area contributed by atoms with E-state index in [0.717, 1.165) is 12.1 Å². The van der Waals surface area contributed by atoms with Gasteiger partial charge < -0.3 is 15.4 Å². The summed E-state index contributed by atoms with van der Waals surface area (Å²) in [4.78, 5) is 25.1. The number of carbonyl (C=O) groups is 2. The van der Waals surface area contributed by atoms with Crippen LogP contribution in [0.5, 0.6) is 11.5 Å². The summed E-state index contributed by atoms with van der Waals surface area (Å²) in [6, 6.07) is 17.5. The molecule has 3 aromatic carbocycles. The first-order chi connectivity index (χ1) is 14.6. The van der Waals surface area contributed by atoms with Gasteiger partial charge in [0.05, 0.1) is 5.56 Å². The molecule has 0 atom stereocenters. The summed E-state index contributed by atoms with van der Waals surface area (Å²) in [5, 5.41) is 0. The van der Waals surface area contributed by atoms with Gasteiger partial charge in [0.2, 0.25) is 5.91 Å². The number of primary amides is 1. The van der Waals surface area contributed by atoms with Crippen LogP contribution in [-0.4, -0.2) is 23.8 Å². The van der Waals surface area contributed by atoms with E-state index in [9.17, 15) is 22.8 Å². The molecule has 3 rings (SSSR count). The Morgan fingerprint density at radius 2 is 1.32 bits per heavy atom. The average molecular weight is 428 g/mol. The summed E-state index contributed by atoms with van der Waals surface area (Å²) >= 11 is 0. The second-order valence-corrected chi connectivity index (χ2v) is 6.87. The first-order valence-electron chi connectivity index (χ1n) is 9.23. The molecule has 0 aromatic heterocycles. The predicted octanol–water partition coefficient (Wildman–Crippen LogP) is 4.87. The fourth-order valence-electron chi connectivity index (χ4n) is 2.85. The zero-order valence-electron chi connectivity index (χ0n) is 16.5. The van der Waals surface area contributed by atoms with Gasteiger partial charge in [0, 0.05) is 24.7 Å². The molecule has 0 unspecified atom stereocenters. The van der Waals surface area contributed by atoms with Crippen molar-refractivity contribution in [2.75, 3.05) is 7.05 Å². The van der Waals surface area contributed by atoms with Crippen LogP contribution < -0.4 is 10.5 Å². The van der Waals surface area contributed by atoms with Crippen LogP contribution in [0, 0.1) is 0 Å². The van der Waals surface area contributed by atoms with E-state index in [1.54, 1.807) is 55.6 Å². The Hall–Kier alpha value is -3.81. The molecular formula is C23H19F3N2O3. The van der Waals surface area contributed by atoms with Gasteiger partial charge in [-0.05, 0) is 66.2 Å². The van der Waals surface area contributed by atoms with E-state index in [4.69, 9.17) is 10.5 Å². The van der Waals surface area contributed by atoms with Gasteiger partial charge >= 0.3 is 6.18 Å². The maximum Gasteiger partial charge on any atom is 0.416 e. The van der Waals surface area contributed by atoms with Crippen LogP contribution in [0.3, 0.4) is 0 Å². The average Bonchev–Trinajstić information content (AvgIpc) is 2.74. The lowest BCUT2D eigenvalue weighted by atomic mass is 10.1. The van der Waals surface area contributed by atoms with Crippen molar-refractivity contribution in [3.05, 3.63) is 95.1 Å². The molecule has 0 saturated carbocycles. The van der Waals surface area contributed by atoms with Gasteiger partial charge in [0.25, 0.3) is 5.91 Å². The van der Waals surface area contributed by atoms with Crippen LogP contribution in [0.1, 0.15) is 31.8 Å². The standard InChI is InChI=1S/C23H19F3N2O3/c1-28(14-15-2-8-18(9-3-15)23(24,25)26)22(30)17-6-12-20(13-7-17)31-19-10-4-16(5-11-19)21(27)29/h2-13H,14H2,1H3,(H2,27,29). The molecule has 0 aliphatic carbocycles. The number of nitrogens with zero attached hydrogens (tertiary/aromatic N) is 1. The molecule has 8 heteroatoms. The second kappa shape index (κ2) is 8.91. The molecular weight excluding hydrogens is 409 g/mol. The summed E-state index contributed by atoms with van der Waals surface area (Å²) in [7, 11) is 1.57. The van der Waals surface area contributed by atoms with Gasteiger partial charge in [0.15, 0.2) is 0 Å². The third-order valence-corrected chi connectivity index (χ3v) is 4.52. The van der Waals surface area contributed by atoms with Gasteiger partial charge in [-0.25, -0.2) is 0 Å². The Balaban J connectivity index is 1.62. The van der Waals surface area contributed by atoms with Crippen molar-refractivity contribution in [1.29, 1.82) is 0 Å². The summed E-state index contributed by atoms with van der Waals surface area (Å²) in [5.41, 5.74) is 5.83. The summed E-state index contributed by atoms with van der Waals surface area (Å²) in [6.45, 7) is 0.168. The molecule has 2 N–H and O–H groups in total. The molecule has 0 bridgehead atoms. The minimum atomic E-state index is -4.39. The molecule has 0 radical (unpaired) electrons. The SMILES string of the molecule is CN(Cc1ccc(C(F)(F)F)cc1)C(=O)c1ccc(Oc2ccc(C(N)=O)cc2)cc1. The third kappa shape index (κ3) is 5.63. The fourth-order valence-corrected chi connectivity index (χ4v) is 2.85. The van der Waals surface area contributed by atoms with Gasteiger partial charge in [-0.1, -0.05) is 12.1 Å². The number of hydrogen-bond acceptors (Lipinski definition) is 3. The molecule has 0 fully saturated rings. The Labute approximate surface area is 176 Å². The summed E-state index contributed by atoms with van der Waals surface area (Å²) < 4.78 is 43.6. The van der Waals surface area contributed by atoms with Crippen LogP contribution in [-0.2, 0) is 12.7 Å². The molecule has 5 nitrogen and oxygen atoms in total. The van der Waals surface area contributed by atoms with Crippen molar-refractivity contribution >= 4 is 11.8 Å². The van der Waals surface area contributed by atoms with Gasteiger partial charge in [-0.3, -0.25) is 9.59 Å². The van der Waals surface area contributed by atoms with E-state index in [2.05, 4.69) is 0 Å². The van der Waals surface area contributed by atoms with Crippen molar-refractivity contribution < 1.29 is 27.5 Å². The van der Waals surface area contributed by atoms with Crippen molar-refractivity contribution in [2.24, 2.45) is 5.73 Å². The predicted molar refractivity (Wildman–Crippen MR) is 109 cm³/mol. The normalized spacial score (nSPS) is 11.1. The Kier molecular flexibility index (Phi) is 6.29. The van der Waals surface area contributed by atoms with Crippen LogP contribution >= 0.6 is 0 Å². The monoisotopic (exact) mass is 428 g/mol. The molecule has 3 aromatic rings. The first kappa shape index (κ1) is 21.9. The highest BCUT2D eigenvalue weighted by Gasteiger charge is 2.30. The van der Waals surface area contributed by atoms with E-state index in [0.29, 0.717) is 28.2 Å². The number of rotatable bonds is 6. The quantitative estimate of drug-likeness (QED) is 0.609. The maximum atomic E-state index is 12.7. The van der Waals surface area contributed by atoms with E-state index < -0.39 is 17.6 Å². The zero-order valence-corrected chi connectivity index (χ0v) is 16.5. The smallest absolute Gasteiger partial charge is 0.416 e. The molecule has 0 spiro atoms. The molecule has 0 aliphatic rings. The maximum absolute atomic E-state index is 12.7. The molecule has 0 aliphatic heterocycles. The molecule has 160 valence electrons. The zero-order chi connectivity index (χ0) is 22.6. The van der Waals surface area contributed by atoms with E-state index in [-0.39, 0.29) is 12.5 Å². The summed E-state index contributed by atoms with van der Waals surface area (Å²) in [5.74, 6) is 0.185. The number of benzene rings is 3. The highest BCUT2D eigenvalue weighted by molar-refractivity contribution is 5.94. The van der Waals surface area contributed by atoms with Crippen LogP contribution in [0.2, 0.25) is 0 Å². The lowest BCUT2D eigenvalue weighted by Crippen LogP contribution is -2.26. The van der Waals surface area contributed by atoms with Crippen molar-refractivity contribution in [3.63, 3.8) is 0 Å². The number of hydrogen-bond donors (Lipinski definition) is 1. The minimum Gasteiger partial charge on any atom is -0.457 e. The van der Waals surface area contributed by atoms with Gasteiger partial charge in [-0.2, -0.15) is 13.2 Å². The molecule has 2 amide bonds. The van der Waals surface area contributed by atoms with E-state index in [1.165, 1.54) is 17.0 Å². The third-order valence-electron chi connectivity index (χ3n) is 4.52. The van der Waals surface area contributed by atoms with Crippen molar-refractivity contribution in [3.8, 4) is 11.5 Å². The lowest BCUT2D eigenvalue weighted by molar-refractivity contribution is -0.137. The number of carbonyl (C=O) groups excluding carboxylic acids is 2. The van der Waals surface area contributed by atoms with Crippen molar-refractivity contribution in [1.82, 2.24) is 4.90 Å². The number of amides is 2. The number of alkyl halides is 3. The number of nitrogens with two attached hydrogens (primary N) is 1. The molecule has 0 saturated heterocycles. The first-order valence-corrected chi connectivity index (χ1v) is 9.23. The van der Waals surface area contributed by atoms with Gasteiger partial charge in [0.1, 0.15) is 11.5 Å². The Bertz CT molecular complexity index is 1060. The number of ether oxygens (including phenoxy) is 1. The summed E-state index contributed by atoms with van der Waals surface area (Å²) in [6.07, 6.45) is -4.39. The Morgan fingerprint density at radius 1 is 0.839 bits per heavy atom.